The van der Waals surface area contributed by atoms with E-state index in [9.17, 15) is 8.78 Å². The van der Waals surface area contributed by atoms with Gasteiger partial charge in [-0.3, -0.25) is 0 Å². The number of nitrogens with one attached hydrogen (secondary N) is 1. The summed E-state index contributed by atoms with van der Waals surface area (Å²) in [4.78, 5) is 5.76. The van der Waals surface area contributed by atoms with Crippen molar-refractivity contribution in [3.8, 4) is 0 Å². The van der Waals surface area contributed by atoms with Gasteiger partial charge < -0.3 is 15.3 Å². The summed E-state index contributed by atoms with van der Waals surface area (Å²) in [5.41, 5.74) is 0. The van der Waals surface area contributed by atoms with Crippen molar-refractivity contribution in [2.75, 3.05) is 29.9 Å². The normalized spacial score (nSPS) is 14.5. The predicted octanol–water partition coefficient (Wildman–Crippen LogP) is 2.14. The molecule has 0 spiro atoms. The molecule has 0 amide bonds. The number of aromatic nitrogens is 1. The number of halogens is 2. The Bertz CT molecular complexity index is 438. The third kappa shape index (κ3) is 3.32. The zero-order chi connectivity index (χ0) is 13.8. The number of aliphatic hydroxyl groups is 1. The topological polar surface area (TPSA) is 48.4 Å². The maximum Gasteiger partial charge on any atom is 0.168 e. The van der Waals surface area contributed by atoms with E-state index in [0.717, 1.165) is 25.3 Å². The summed E-state index contributed by atoms with van der Waals surface area (Å²) in [6.45, 7) is 2.77. The van der Waals surface area contributed by atoms with E-state index >= 15 is 0 Å². The summed E-state index contributed by atoms with van der Waals surface area (Å²) >= 11 is 0. The van der Waals surface area contributed by atoms with Crippen LogP contribution in [0, 0.1) is 11.6 Å². The average Bonchev–Trinajstić information content (AvgIpc) is 3.20. The monoisotopic (exact) mass is 271 g/mol. The smallest absolute Gasteiger partial charge is 0.168 e. The van der Waals surface area contributed by atoms with Gasteiger partial charge in [0.15, 0.2) is 23.3 Å². The van der Waals surface area contributed by atoms with Crippen molar-refractivity contribution >= 4 is 11.6 Å². The third-order valence-electron chi connectivity index (χ3n) is 3.05. The molecule has 2 rings (SSSR count). The van der Waals surface area contributed by atoms with Gasteiger partial charge in [-0.2, -0.15) is 0 Å². The molecule has 0 aromatic carbocycles. The Kier molecular flexibility index (Phi) is 4.52. The number of hydrogen-bond acceptors (Lipinski definition) is 4. The molecule has 4 nitrogen and oxygen atoms in total. The van der Waals surface area contributed by atoms with Crippen LogP contribution in [0.3, 0.4) is 0 Å². The van der Waals surface area contributed by atoms with E-state index in [0.29, 0.717) is 13.1 Å². The summed E-state index contributed by atoms with van der Waals surface area (Å²) in [6, 6.07) is 1.06. The molecule has 19 heavy (non-hydrogen) atoms. The first-order valence-corrected chi connectivity index (χ1v) is 6.64. The standard InChI is InChI=1S/C13H19F2N3O/c1-2-5-16-12-10(14)8-11(15)13(17-12)18(6-7-19)9-3-4-9/h8-9,19H,2-7H2,1H3,(H,16,17). The fourth-order valence-corrected chi connectivity index (χ4v) is 1.98. The fraction of sp³-hybridized carbons (Fsp3) is 0.615. The van der Waals surface area contributed by atoms with Gasteiger partial charge in [0.2, 0.25) is 0 Å². The van der Waals surface area contributed by atoms with E-state index in [1.807, 2.05) is 6.92 Å². The Morgan fingerprint density at radius 3 is 2.74 bits per heavy atom. The van der Waals surface area contributed by atoms with Crippen LogP contribution in [0.25, 0.3) is 0 Å². The highest BCUT2D eigenvalue weighted by Crippen LogP contribution is 2.33. The third-order valence-corrected chi connectivity index (χ3v) is 3.05. The molecule has 2 N–H and O–H groups in total. The molecule has 1 aliphatic rings. The molecule has 0 unspecified atom stereocenters. The van der Waals surface area contributed by atoms with Crippen molar-refractivity contribution < 1.29 is 13.9 Å². The number of hydrogen-bond donors (Lipinski definition) is 2. The lowest BCUT2D eigenvalue weighted by molar-refractivity contribution is 0.300. The van der Waals surface area contributed by atoms with Crippen LogP contribution in [0.1, 0.15) is 26.2 Å². The first-order valence-electron chi connectivity index (χ1n) is 6.64. The summed E-state index contributed by atoms with van der Waals surface area (Å²) in [7, 11) is 0. The Labute approximate surface area is 111 Å². The molecule has 1 saturated carbocycles. The summed E-state index contributed by atoms with van der Waals surface area (Å²) < 4.78 is 27.4. The number of anilines is 2. The van der Waals surface area contributed by atoms with Crippen LogP contribution >= 0.6 is 0 Å². The van der Waals surface area contributed by atoms with Crippen molar-refractivity contribution in [3.63, 3.8) is 0 Å². The predicted molar refractivity (Wildman–Crippen MR) is 70.4 cm³/mol. The van der Waals surface area contributed by atoms with E-state index in [1.165, 1.54) is 0 Å². The Hall–Kier alpha value is -1.43. The highest BCUT2D eigenvalue weighted by molar-refractivity contribution is 5.50. The van der Waals surface area contributed by atoms with Crippen molar-refractivity contribution in [2.45, 2.75) is 32.2 Å². The minimum absolute atomic E-state index is 0.0711. The molecule has 0 saturated heterocycles. The second-order valence-corrected chi connectivity index (χ2v) is 4.70. The first-order chi connectivity index (χ1) is 9.17. The Balaban J connectivity index is 2.26. The minimum atomic E-state index is -0.686. The van der Waals surface area contributed by atoms with Crippen LogP contribution in [-0.4, -0.2) is 35.8 Å². The molecule has 0 atom stereocenters. The van der Waals surface area contributed by atoms with Gasteiger partial charge >= 0.3 is 0 Å². The number of rotatable bonds is 7. The maximum absolute atomic E-state index is 13.9. The zero-order valence-corrected chi connectivity index (χ0v) is 11.0. The van der Waals surface area contributed by atoms with E-state index in [2.05, 4.69) is 10.3 Å². The second-order valence-electron chi connectivity index (χ2n) is 4.70. The first kappa shape index (κ1) is 14.0. The van der Waals surface area contributed by atoms with Crippen LogP contribution in [0.2, 0.25) is 0 Å². The summed E-state index contributed by atoms with van der Waals surface area (Å²) in [5.74, 6) is -1.17. The lowest BCUT2D eigenvalue weighted by Gasteiger charge is -2.23. The van der Waals surface area contributed by atoms with E-state index in [4.69, 9.17) is 5.11 Å². The molecule has 1 heterocycles. The summed E-state index contributed by atoms with van der Waals surface area (Å²) in [5, 5.41) is 11.9. The maximum atomic E-state index is 13.9. The van der Waals surface area contributed by atoms with E-state index in [1.54, 1.807) is 4.90 Å². The fourth-order valence-electron chi connectivity index (χ4n) is 1.98. The molecule has 0 aliphatic heterocycles. The molecule has 0 bridgehead atoms. The SMILES string of the molecule is CCCNc1nc(N(CCO)C2CC2)c(F)cc1F. The van der Waals surface area contributed by atoms with Gasteiger partial charge in [0, 0.05) is 25.2 Å². The molecule has 106 valence electrons. The molecule has 1 aliphatic carbocycles. The van der Waals surface area contributed by atoms with Gasteiger partial charge in [-0.25, -0.2) is 13.8 Å². The second kappa shape index (κ2) is 6.14. The number of nitrogens with zero attached hydrogens (tertiary/aromatic N) is 2. The van der Waals surface area contributed by atoms with Crippen LogP contribution in [-0.2, 0) is 0 Å². The molecule has 1 aromatic heterocycles. The van der Waals surface area contributed by atoms with Gasteiger partial charge in [-0.1, -0.05) is 6.92 Å². The largest absolute Gasteiger partial charge is 0.395 e. The van der Waals surface area contributed by atoms with Crippen LogP contribution in [0.15, 0.2) is 6.07 Å². The molecule has 1 fully saturated rings. The molecule has 1 aromatic rings. The van der Waals surface area contributed by atoms with Crippen LogP contribution in [0.5, 0.6) is 0 Å². The van der Waals surface area contributed by atoms with Gasteiger partial charge in [-0.15, -0.1) is 0 Å². The summed E-state index contributed by atoms with van der Waals surface area (Å²) in [6.07, 6.45) is 2.74. The van der Waals surface area contributed by atoms with Crippen molar-refractivity contribution in [1.29, 1.82) is 0 Å². The lowest BCUT2D eigenvalue weighted by Crippen LogP contribution is -2.31. The molecule has 6 heteroatoms. The Morgan fingerprint density at radius 1 is 1.42 bits per heavy atom. The zero-order valence-electron chi connectivity index (χ0n) is 11.0. The van der Waals surface area contributed by atoms with Crippen molar-refractivity contribution in [1.82, 2.24) is 4.98 Å². The highest BCUT2D eigenvalue weighted by Gasteiger charge is 2.31. The van der Waals surface area contributed by atoms with Crippen molar-refractivity contribution in [3.05, 3.63) is 17.7 Å². The quantitative estimate of drug-likeness (QED) is 0.797. The number of pyridine rings is 1. The molecular formula is C13H19F2N3O. The van der Waals surface area contributed by atoms with E-state index < -0.39 is 11.6 Å². The van der Waals surface area contributed by atoms with Gasteiger partial charge in [0.05, 0.1) is 6.61 Å². The minimum Gasteiger partial charge on any atom is -0.395 e. The van der Waals surface area contributed by atoms with Gasteiger partial charge in [-0.05, 0) is 19.3 Å². The van der Waals surface area contributed by atoms with Crippen LogP contribution < -0.4 is 10.2 Å². The van der Waals surface area contributed by atoms with E-state index in [-0.39, 0.29) is 24.3 Å². The Morgan fingerprint density at radius 2 is 2.16 bits per heavy atom. The molecule has 0 radical (unpaired) electrons. The lowest BCUT2D eigenvalue weighted by atomic mass is 10.3. The van der Waals surface area contributed by atoms with Crippen molar-refractivity contribution in [2.24, 2.45) is 0 Å². The van der Waals surface area contributed by atoms with Crippen LogP contribution in [0.4, 0.5) is 20.4 Å². The molecular weight excluding hydrogens is 252 g/mol. The van der Waals surface area contributed by atoms with Gasteiger partial charge in [0.25, 0.3) is 0 Å². The average molecular weight is 271 g/mol. The van der Waals surface area contributed by atoms with Gasteiger partial charge in [0.1, 0.15) is 0 Å². The highest BCUT2D eigenvalue weighted by atomic mass is 19.1. The number of aliphatic hydroxyl groups excluding tert-OH is 1.